The summed E-state index contributed by atoms with van der Waals surface area (Å²) in [5, 5.41) is 0. The van der Waals surface area contributed by atoms with Gasteiger partial charge < -0.3 is 14.4 Å². The number of anilines is 1. The maximum atomic E-state index is 5.51. The minimum absolute atomic E-state index is 0.286. The van der Waals surface area contributed by atoms with Crippen molar-refractivity contribution in [2.75, 3.05) is 18.2 Å². The number of aryl methyl sites for hydroxylation is 1. The van der Waals surface area contributed by atoms with Crippen LogP contribution in [-0.4, -0.2) is 28.3 Å². The minimum Gasteiger partial charge on any atom is -0.454 e. The van der Waals surface area contributed by atoms with Crippen molar-refractivity contribution >= 4 is 5.82 Å². The van der Waals surface area contributed by atoms with E-state index in [0.717, 1.165) is 52.9 Å². The SMILES string of the molecule is CCN(Cc1ccc2c(c1)OCO2)c1nc(-c2ccccn2)nc(C)c1C. The predicted octanol–water partition coefficient (Wildman–Crippen LogP) is 3.91. The fourth-order valence-electron chi connectivity index (χ4n) is 3.13. The summed E-state index contributed by atoms with van der Waals surface area (Å²) in [6.07, 6.45) is 1.76. The molecule has 138 valence electrons. The van der Waals surface area contributed by atoms with Crippen LogP contribution in [0, 0.1) is 13.8 Å². The van der Waals surface area contributed by atoms with Crippen molar-refractivity contribution in [1.82, 2.24) is 15.0 Å². The molecule has 1 aliphatic rings. The smallest absolute Gasteiger partial charge is 0.231 e. The molecule has 0 atom stereocenters. The Morgan fingerprint density at radius 2 is 1.89 bits per heavy atom. The number of benzene rings is 1. The van der Waals surface area contributed by atoms with E-state index in [0.29, 0.717) is 5.82 Å². The third kappa shape index (κ3) is 3.43. The normalized spacial score (nSPS) is 12.3. The molecular weight excluding hydrogens is 340 g/mol. The summed E-state index contributed by atoms with van der Waals surface area (Å²) >= 11 is 0. The van der Waals surface area contributed by atoms with Gasteiger partial charge in [-0.3, -0.25) is 4.98 Å². The standard InChI is InChI=1S/C21H22N4O2/c1-4-25(12-16-8-9-18-19(11-16)27-13-26-18)21-14(2)15(3)23-20(24-21)17-7-5-6-10-22-17/h5-11H,4,12-13H2,1-3H3. The van der Waals surface area contributed by atoms with Gasteiger partial charge in [-0.05, 0) is 50.6 Å². The molecule has 0 bridgehead atoms. The highest BCUT2D eigenvalue weighted by molar-refractivity contribution is 5.57. The second-order valence-corrected chi connectivity index (χ2v) is 6.50. The highest BCUT2D eigenvalue weighted by Gasteiger charge is 2.18. The van der Waals surface area contributed by atoms with Gasteiger partial charge in [0.25, 0.3) is 0 Å². The maximum absolute atomic E-state index is 5.51. The van der Waals surface area contributed by atoms with Gasteiger partial charge in [0.05, 0.1) is 0 Å². The van der Waals surface area contributed by atoms with Gasteiger partial charge in [0, 0.05) is 30.5 Å². The number of rotatable bonds is 5. The first kappa shape index (κ1) is 17.3. The number of pyridine rings is 1. The third-order valence-corrected chi connectivity index (χ3v) is 4.75. The van der Waals surface area contributed by atoms with Gasteiger partial charge in [-0.15, -0.1) is 0 Å². The largest absolute Gasteiger partial charge is 0.454 e. The molecule has 0 radical (unpaired) electrons. The zero-order valence-corrected chi connectivity index (χ0v) is 15.8. The van der Waals surface area contributed by atoms with Gasteiger partial charge in [0.15, 0.2) is 17.3 Å². The van der Waals surface area contributed by atoms with E-state index in [-0.39, 0.29) is 6.79 Å². The zero-order chi connectivity index (χ0) is 18.8. The molecule has 2 aromatic heterocycles. The average molecular weight is 362 g/mol. The van der Waals surface area contributed by atoms with E-state index in [4.69, 9.17) is 14.5 Å². The Bertz CT molecular complexity index is 960. The van der Waals surface area contributed by atoms with E-state index in [2.05, 4.69) is 34.8 Å². The summed E-state index contributed by atoms with van der Waals surface area (Å²) in [6.45, 7) is 8.05. The van der Waals surface area contributed by atoms with Crippen molar-refractivity contribution in [3.8, 4) is 23.0 Å². The maximum Gasteiger partial charge on any atom is 0.231 e. The van der Waals surface area contributed by atoms with Crippen molar-refractivity contribution in [2.24, 2.45) is 0 Å². The Morgan fingerprint density at radius 3 is 2.67 bits per heavy atom. The lowest BCUT2D eigenvalue weighted by Gasteiger charge is -2.25. The minimum atomic E-state index is 0.286. The van der Waals surface area contributed by atoms with Crippen LogP contribution in [0.5, 0.6) is 11.5 Å². The van der Waals surface area contributed by atoms with Crippen molar-refractivity contribution in [3.63, 3.8) is 0 Å². The molecule has 0 aliphatic carbocycles. The lowest BCUT2D eigenvalue weighted by Crippen LogP contribution is -2.25. The summed E-state index contributed by atoms with van der Waals surface area (Å²) < 4.78 is 10.9. The van der Waals surface area contributed by atoms with Crippen LogP contribution in [0.2, 0.25) is 0 Å². The van der Waals surface area contributed by atoms with Crippen LogP contribution in [0.1, 0.15) is 23.7 Å². The second kappa shape index (κ2) is 7.23. The van der Waals surface area contributed by atoms with Gasteiger partial charge in [-0.2, -0.15) is 0 Å². The zero-order valence-electron chi connectivity index (χ0n) is 15.8. The third-order valence-electron chi connectivity index (χ3n) is 4.75. The van der Waals surface area contributed by atoms with Crippen LogP contribution in [-0.2, 0) is 6.54 Å². The fourth-order valence-corrected chi connectivity index (χ4v) is 3.13. The van der Waals surface area contributed by atoms with Crippen molar-refractivity contribution < 1.29 is 9.47 Å². The topological polar surface area (TPSA) is 60.4 Å². The molecule has 1 aliphatic heterocycles. The molecular formula is C21H22N4O2. The first-order valence-corrected chi connectivity index (χ1v) is 9.06. The summed E-state index contributed by atoms with van der Waals surface area (Å²) in [4.78, 5) is 16.1. The molecule has 3 heterocycles. The van der Waals surface area contributed by atoms with Crippen molar-refractivity contribution in [3.05, 3.63) is 59.4 Å². The Balaban J connectivity index is 1.68. The fraction of sp³-hybridized carbons (Fsp3) is 0.286. The van der Waals surface area contributed by atoms with Crippen LogP contribution in [0.3, 0.4) is 0 Å². The van der Waals surface area contributed by atoms with Gasteiger partial charge in [0.1, 0.15) is 11.5 Å². The Morgan fingerprint density at radius 1 is 1.04 bits per heavy atom. The molecule has 4 rings (SSSR count). The number of fused-ring (bicyclic) bond motifs is 1. The lowest BCUT2D eigenvalue weighted by atomic mass is 10.1. The first-order chi connectivity index (χ1) is 13.2. The number of hydrogen-bond donors (Lipinski definition) is 0. The predicted molar refractivity (Wildman–Crippen MR) is 104 cm³/mol. The van der Waals surface area contributed by atoms with Crippen molar-refractivity contribution in [2.45, 2.75) is 27.3 Å². The van der Waals surface area contributed by atoms with Crippen molar-refractivity contribution in [1.29, 1.82) is 0 Å². The van der Waals surface area contributed by atoms with E-state index >= 15 is 0 Å². The molecule has 0 fully saturated rings. The van der Waals surface area contributed by atoms with Crippen LogP contribution < -0.4 is 14.4 Å². The van der Waals surface area contributed by atoms with Gasteiger partial charge in [-0.25, -0.2) is 9.97 Å². The van der Waals surface area contributed by atoms with Crippen LogP contribution >= 0.6 is 0 Å². The summed E-state index contributed by atoms with van der Waals surface area (Å²) in [5.41, 5.74) is 3.97. The second-order valence-electron chi connectivity index (χ2n) is 6.50. The van der Waals surface area contributed by atoms with Gasteiger partial charge in [-0.1, -0.05) is 12.1 Å². The van der Waals surface area contributed by atoms with E-state index in [9.17, 15) is 0 Å². The number of hydrogen-bond acceptors (Lipinski definition) is 6. The number of nitrogens with zero attached hydrogens (tertiary/aromatic N) is 4. The molecule has 0 spiro atoms. The Kier molecular flexibility index (Phi) is 4.62. The van der Waals surface area contributed by atoms with E-state index < -0.39 is 0 Å². The summed E-state index contributed by atoms with van der Waals surface area (Å²) in [6, 6.07) is 11.8. The molecule has 0 unspecified atom stereocenters. The van der Waals surface area contributed by atoms with E-state index in [1.807, 2.05) is 37.3 Å². The van der Waals surface area contributed by atoms with Crippen LogP contribution in [0.15, 0.2) is 42.6 Å². The Labute approximate surface area is 158 Å². The molecule has 3 aromatic rings. The van der Waals surface area contributed by atoms with E-state index in [1.165, 1.54) is 0 Å². The summed E-state index contributed by atoms with van der Waals surface area (Å²) in [7, 11) is 0. The quantitative estimate of drug-likeness (QED) is 0.686. The highest BCUT2D eigenvalue weighted by Crippen LogP contribution is 2.33. The molecule has 27 heavy (non-hydrogen) atoms. The Hall–Kier alpha value is -3.15. The lowest BCUT2D eigenvalue weighted by molar-refractivity contribution is 0.174. The molecule has 1 aromatic carbocycles. The molecule has 0 N–H and O–H groups in total. The van der Waals surface area contributed by atoms with Gasteiger partial charge >= 0.3 is 0 Å². The molecule has 0 saturated heterocycles. The van der Waals surface area contributed by atoms with Gasteiger partial charge in [0.2, 0.25) is 6.79 Å². The highest BCUT2D eigenvalue weighted by atomic mass is 16.7. The van der Waals surface area contributed by atoms with Crippen LogP contribution in [0.25, 0.3) is 11.5 Å². The molecule has 0 amide bonds. The number of aromatic nitrogens is 3. The first-order valence-electron chi connectivity index (χ1n) is 9.06. The van der Waals surface area contributed by atoms with E-state index in [1.54, 1.807) is 6.20 Å². The molecule has 6 nitrogen and oxygen atoms in total. The molecule has 0 saturated carbocycles. The molecule has 6 heteroatoms. The number of ether oxygens (including phenoxy) is 2. The summed E-state index contributed by atoms with van der Waals surface area (Å²) in [5.74, 6) is 3.18. The average Bonchev–Trinajstić information content (AvgIpc) is 3.17. The van der Waals surface area contributed by atoms with Crippen LogP contribution in [0.4, 0.5) is 5.82 Å². The monoisotopic (exact) mass is 362 g/mol.